The predicted molar refractivity (Wildman–Crippen MR) is 85.5 cm³/mol. The number of nitrogens with zero attached hydrogens (tertiary/aromatic N) is 1. The fraction of sp³-hybridized carbons (Fsp3) is 0.267. The number of thioether (sulfide) groups is 1. The summed E-state index contributed by atoms with van der Waals surface area (Å²) >= 11 is 5.18. The van der Waals surface area contributed by atoms with Crippen LogP contribution in [0.15, 0.2) is 46.0 Å². The molecule has 0 aliphatic carbocycles. The molecule has 2 nitrogen and oxygen atoms in total. The first-order valence-electron chi connectivity index (χ1n) is 6.14. The molecule has 0 saturated carbocycles. The SMILES string of the molecule is Cc1ccc(C(N)CSc2ncccc2Br)cc1C. The Hall–Kier alpha value is -0.840. The first-order valence-corrected chi connectivity index (χ1v) is 7.92. The Morgan fingerprint density at radius 1 is 1.26 bits per heavy atom. The maximum Gasteiger partial charge on any atom is 0.110 e. The number of halogens is 1. The molecule has 0 aliphatic heterocycles. The van der Waals surface area contributed by atoms with Gasteiger partial charge in [-0.3, -0.25) is 0 Å². The summed E-state index contributed by atoms with van der Waals surface area (Å²) in [5, 5.41) is 0.988. The van der Waals surface area contributed by atoms with Gasteiger partial charge in [-0.05, 0) is 58.6 Å². The van der Waals surface area contributed by atoms with E-state index in [-0.39, 0.29) is 6.04 Å². The quantitative estimate of drug-likeness (QED) is 0.848. The van der Waals surface area contributed by atoms with Crippen LogP contribution in [0.5, 0.6) is 0 Å². The maximum absolute atomic E-state index is 6.25. The minimum atomic E-state index is 0.0261. The van der Waals surface area contributed by atoms with Gasteiger partial charge in [-0.1, -0.05) is 18.2 Å². The van der Waals surface area contributed by atoms with Gasteiger partial charge in [-0.15, -0.1) is 11.8 Å². The van der Waals surface area contributed by atoms with Crippen LogP contribution in [-0.2, 0) is 0 Å². The van der Waals surface area contributed by atoms with E-state index in [2.05, 4.69) is 53.0 Å². The molecule has 0 aliphatic rings. The summed E-state index contributed by atoms with van der Waals surface area (Å²) in [6.07, 6.45) is 1.80. The van der Waals surface area contributed by atoms with Gasteiger partial charge in [0.05, 0.1) is 0 Å². The number of nitrogens with two attached hydrogens (primary N) is 1. The molecule has 0 fully saturated rings. The molecular formula is C15H17BrN2S. The van der Waals surface area contributed by atoms with Crippen molar-refractivity contribution in [1.29, 1.82) is 0 Å². The predicted octanol–water partition coefficient (Wildman–Crippen LogP) is 4.25. The van der Waals surface area contributed by atoms with Crippen molar-refractivity contribution < 1.29 is 0 Å². The van der Waals surface area contributed by atoms with Crippen molar-refractivity contribution in [2.24, 2.45) is 5.73 Å². The molecule has 1 aromatic carbocycles. The average Bonchev–Trinajstić information content (AvgIpc) is 2.40. The minimum Gasteiger partial charge on any atom is -0.323 e. The molecule has 1 heterocycles. The van der Waals surface area contributed by atoms with Gasteiger partial charge in [-0.25, -0.2) is 4.98 Å². The van der Waals surface area contributed by atoms with Crippen LogP contribution in [0.4, 0.5) is 0 Å². The normalized spacial score (nSPS) is 12.4. The van der Waals surface area contributed by atoms with Gasteiger partial charge in [0.15, 0.2) is 0 Å². The summed E-state index contributed by atoms with van der Waals surface area (Å²) in [4.78, 5) is 4.34. The van der Waals surface area contributed by atoms with E-state index < -0.39 is 0 Å². The van der Waals surface area contributed by atoms with Crippen molar-refractivity contribution in [3.05, 3.63) is 57.7 Å². The fourth-order valence-electron chi connectivity index (χ4n) is 1.74. The van der Waals surface area contributed by atoms with Crippen LogP contribution in [0.1, 0.15) is 22.7 Å². The number of rotatable bonds is 4. The van der Waals surface area contributed by atoms with E-state index in [0.717, 1.165) is 15.3 Å². The summed E-state index contributed by atoms with van der Waals surface area (Å²) in [6.45, 7) is 4.23. The van der Waals surface area contributed by atoms with Crippen LogP contribution in [0.25, 0.3) is 0 Å². The number of aryl methyl sites for hydroxylation is 2. The van der Waals surface area contributed by atoms with Gasteiger partial charge < -0.3 is 5.73 Å². The Bertz CT molecular complexity index is 572. The summed E-state index contributed by atoms with van der Waals surface area (Å²) in [6, 6.07) is 10.4. The van der Waals surface area contributed by atoms with Gasteiger partial charge in [0.25, 0.3) is 0 Å². The molecule has 1 unspecified atom stereocenters. The molecule has 1 aromatic heterocycles. The zero-order chi connectivity index (χ0) is 13.8. The molecule has 100 valence electrons. The number of pyridine rings is 1. The zero-order valence-corrected chi connectivity index (χ0v) is 13.5. The van der Waals surface area contributed by atoms with E-state index in [9.17, 15) is 0 Å². The minimum absolute atomic E-state index is 0.0261. The lowest BCUT2D eigenvalue weighted by Crippen LogP contribution is -2.13. The molecule has 19 heavy (non-hydrogen) atoms. The van der Waals surface area contributed by atoms with Crippen molar-refractivity contribution in [1.82, 2.24) is 4.98 Å². The van der Waals surface area contributed by atoms with Crippen molar-refractivity contribution in [3.8, 4) is 0 Å². The van der Waals surface area contributed by atoms with Crippen LogP contribution >= 0.6 is 27.7 Å². The number of hydrogen-bond donors (Lipinski definition) is 1. The van der Waals surface area contributed by atoms with E-state index in [4.69, 9.17) is 5.73 Å². The molecule has 2 aromatic rings. The van der Waals surface area contributed by atoms with Gasteiger partial charge in [0, 0.05) is 22.5 Å². The Balaban J connectivity index is 2.03. The summed E-state index contributed by atoms with van der Waals surface area (Å²) < 4.78 is 1.02. The number of aromatic nitrogens is 1. The standard InChI is InChI=1S/C15H17BrN2S/c1-10-5-6-12(8-11(10)2)14(17)9-19-15-13(16)4-3-7-18-15/h3-8,14H,9,17H2,1-2H3. The van der Waals surface area contributed by atoms with Gasteiger partial charge >= 0.3 is 0 Å². The summed E-state index contributed by atoms with van der Waals surface area (Å²) in [7, 11) is 0. The second-order valence-corrected chi connectivity index (χ2v) is 6.41. The topological polar surface area (TPSA) is 38.9 Å². The van der Waals surface area contributed by atoms with E-state index in [1.807, 2.05) is 12.1 Å². The van der Waals surface area contributed by atoms with Crippen LogP contribution in [0, 0.1) is 13.8 Å². The van der Waals surface area contributed by atoms with Crippen LogP contribution in [-0.4, -0.2) is 10.7 Å². The first kappa shape index (κ1) is 14.6. The van der Waals surface area contributed by atoms with Gasteiger partial charge in [-0.2, -0.15) is 0 Å². The van der Waals surface area contributed by atoms with Crippen LogP contribution in [0.2, 0.25) is 0 Å². The highest BCUT2D eigenvalue weighted by atomic mass is 79.9. The second kappa shape index (κ2) is 6.55. The molecule has 0 amide bonds. The molecule has 0 radical (unpaired) electrons. The highest BCUT2D eigenvalue weighted by Crippen LogP contribution is 2.28. The highest BCUT2D eigenvalue weighted by Gasteiger charge is 2.09. The molecular weight excluding hydrogens is 320 g/mol. The van der Waals surface area contributed by atoms with E-state index >= 15 is 0 Å². The van der Waals surface area contributed by atoms with Gasteiger partial charge in [0.1, 0.15) is 5.03 Å². The van der Waals surface area contributed by atoms with E-state index in [1.165, 1.54) is 16.7 Å². The molecule has 0 spiro atoms. The number of hydrogen-bond acceptors (Lipinski definition) is 3. The molecule has 1 atom stereocenters. The Morgan fingerprint density at radius 2 is 2.05 bits per heavy atom. The lowest BCUT2D eigenvalue weighted by atomic mass is 10.0. The van der Waals surface area contributed by atoms with Crippen molar-refractivity contribution in [3.63, 3.8) is 0 Å². The third-order valence-electron chi connectivity index (χ3n) is 3.08. The molecule has 0 saturated heterocycles. The van der Waals surface area contributed by atoms with Crippen LogP contribution in [0.3, 0.4) is 0 Å². The largest absolute Gasteiger partial charge is 0.323 e. The Morgan fingerprint density at radius 3 is 2.74 bits per heavy atom. The molecule has 0 bridgehead atoms. The van der Waals surface area contributed by atoms with E-state index in [0.29, 0.717) is 0 Å². The molecule has 4 heteroatoms. The van der Waals surface area contributed by atoms with Crippen molar-refractivity contribution in [2.75, 3.05) is 5.75 Å². The van der Waals surface area contributed by atoms with Crippen LogP contribution < -0.4 is 5.73 Å². The Kier molecular flexibility index (Phi) is 5.02. The lowest BCUT2D eigenvalue weighted by Gasteiger charge is -2.13. The molecule has 2 rings (SSSR count). The van der Waals surface area contributed by atoms with Crippen molar-refractivity contribution in [2.45, 2.75) is 24.9 Å². The maximum atomic E-state index is 6.25. The smallest absolute Gasteiger partial charge is 0.110 e. The summed E-state index contributed by atoms with van der Waals surface area (Å²) in [5.41, 5.74) is 10.0. The summed E-state index contributed by atoms with van der Waals surface area (Å²) in [5.74, 6) is 0.818. The number of benzene rings is 1. The Labute approximate surface area is 126 Å². The van der Waals surface area contributed by atoms with Crippen molar-refractivity contribution >= 4 is 27.7 Å². The zero-order valence-electron chi connectivity index (χ0n) is 11.1. The third-order valence-corrected chi connectivity index (χ3v) is 5.11. The monoisotopic (exact) mass is 336 g/mol. The van der Waals surface area contributed by atoms with Gasteiger partial charge in [0.2, 0.25) is 0 Å². The molecule has 2 N–H and O–H groups in total. The second-order valence-electron chi connectivity index (χ2n) is 4.55. The van der Waals surface area contributed by atoms with E-state index in [1.54, 1.807) is 18.0 Å². The first-order chi connectivity index (χ1) is 9.08. The highest BCUT2D eigenvalue weighted by molar-refractivity contribution is 9.10. The lowest BCUT2D eigenvalue weighted by molar-refractivity contribution is 0.827. The fourth-order valence-corrected chi connectivity index (χ4v) is 3.21. The average molecular weight is 337 g/mol. The third kappa shape index (κ3) is 3.81.